The van der Waals surface area contributed by atoms with Gasteiger partial charge in [0, 0.05) is 25.3 Å². The average molecular weight is 267 g/mol. The Labute approximate surface area is 108 Å². The third-order valence-corrected chi connectivity index (χ3v) is 2.53. The number of benzene rings is 1. The Kier molecular flexibility index (Phi) is 7.47. The number of hydrogen-bond donors (Lipinski definition) is 1. The van der Waals surface area contributed by atoms with Crippen LogP contribution in [0.25, 0.3) is 0 Å². The number of nitrogens with zero attached hydrogens (tertiary/aromatic N) is 1. The first-order valence-corrected chi connectivity index (χ1v) is 5.07. The van der Waals surface area contributed by atoms with Gasteiger partial charge in [0.2, 0.25) is 0 Å². The predicted molar refractivity (Wildman–Crippen MR) is 70.6 cm³/mol. The highest BCUT2D eigenvalue weighted by Crippen LogP contribution is 2.15. The second-order valence-corrected chi connectivity index (χ2v) is 3.57. The van der Waals surface area contributed by atoms with E-state index in [1.807, 2.05) is 12.1 Å². The van der Waals surface area contributed by atoms with Gasteiger partial charge >= 0.3 is 0 Å². The number of hydrogen-bond acceptors (Lipinski definition) is 2. The lowest BCUT2D eigenvalue weighted by Gasteiger charge is -2.21. The molecule has 0 radical (unpaired) electrons. The predicted octanol–water partition coefficient (Wildman–Crippen LogP) is 2.47. The molecule has 1 N–H and O–H groups in total. The first kappa shape index (κ1) is 15.5. The average Bonchev–Trinajstić information content (AvgIpc) is 2.47. The van der Waals surface area contributed by atoms with Crippen molar-refractivity contribution >= 4 is 30.5 Å². The molecule has 2 nitrogen and oxygen atoms in total. The van der Waals surface area contributed by atoms with Crippen LogP contribution in [0.2, 0.25) is 0 Å². The third kappa shape index (κ3) is 4.16. The fourth-order valence-corrected chi connectivity index (χ4v) is 1.76. The molecule has 1 heterocycles. The van der Waals surface area contributed by atoms with Crippen molar-refractivity contribution in [1.82, 2.24) is 5.32 Å². The molecule has 1 aliphatic rings. The van der Waals surface area contributed by atoms with Crippen LogP contribution in [0.5, 0.6) is 0 Å². The molecule has 16 heavy (non-hydrogen) atoms. The summed E-state index contributed by atoms with van der Waals surface area (Å²) in [5, 5.41) is 3.34. The standard InChI is InChI=1S/C11H15FN2.2ClH/c12-10-2-4-11(5-3-10)14-8-1-6-13-7-9-14;;/h2-5,13H,1,6-9H2;2*1H. The SMILES string of the molecule is Cl.Cl.Fc1ccc(N2CCCNCC2)cc1. The van der Waals surface area contributed by atoms with Crippen molar-refractivity contribution in [2.45, 2.75) is 6.42 Å². The van der Waals surface area contributed by atoms with Gasteiger partial charge in [0.1, 0.15) is 5.82 Å². The van der Waals surface area contributed by atoms with E-state index in [0.717, 1.165) is 38.3 Å². The molecule has 5 heteroatoms. The summed E-state index contributed by atoms with van der Waals surface area (Å²) >= 11 is 0. The lowest BCUT2D eigenvalue weighted by Crippen LogP contribution is -2.27. The maximum atomic E-state index is 12.7. The minimum absolute atomic E-state index is 0. The molecule has 0 aliphatic carbocycles. The van der Waals surface area contributed by atoms with Crippen molar-refractivity contribution in [3.05, 3.63) is 30.1 Å². The summed E-state index contributed by atoms with van der Waals surface area (Å²) in [5.41, 5.74) is 1.12. The maximum absolute atomic E-state index is 12.7. The highest BCUT2D eigenvalue weighted by Gasteiger charge is 2.08. The molecule has 1 aliphatic heterocycles. The summed E-state index contributed by atoms with van der Waals surface area (Å²) in [6.07, 6.45) is 1.15. The second kappa shape index (κ2) is 7.71. The summed E-state index contributed by atoms with van der Waals surface area (Å²) in [6.45, 7) is 4.15. The summed E-state index contributed by atoms with van der Waals surface area (Å²) in [5.74, 6) is -0.165. The van der Waals surface area contributed by atoms with E-state index in [2.05, 4.69) is 10.2 Å². The van der Waals surface area contributed by atoms with Gasteiger partial charge in [-0.05, 0) is 37.2 Å². The summed E-state index contributed by atoms with van der Waals surface area (Å²) < 4.78 is 12.7. The number of rotatable bonds is 1. The molecule has 1 aromatic carbocycles. The van der Waals surface area contributed by atoms with E-state index in [1.54, 1.807) is 0 Å². The van der Waals surface area contributed by atoms with Crippen molar-refractivity contribution in [1.29, 1.82) is 0 Å². The number of nitrogens with one attached hydrogen (secondary N) is 1. The molecule has 1 aromatic rings. The zero-order chi connectivity index (χ0) is 9.80. The molecular formula is C11H17Cl2FN2. The van der Waals surface area contributed by atoms with E-state index in [9.17, 15) is 4.39 Å². The van der Waals surface area contributed by atoms with E-state index >= 15 is 0 Å². The Balaban J connectivity index is 0.00000112. The molecule has 0 bridgehead atoms. The van der Waals surface area contributed by atoms with E-state index in [1.165, 1.54) is 12.1 Å². The highest BCUT2D eigenvalue weighted by atomic mass is 35.5. The first-order valence-electron chi connectivity index (χ1n) is 5.07. The van der Waals surface area contributed by atoms with Gasteiger partial charge in [-0.3, -0.25) is 0 Å². The molecule has 0 aromatic heterocycles. The zero-order valence-electron chi connectivity index (χ0n) is 8.99. The van der Waals surface area contributed by atoms with Crippen LogP contribution in [0, 0.1) is 5.82 Å². The number of anilines is 1. The van der Waals surface area contributed by atoms with Crippen LogP contribution in [0.3, 0.4) is 0 Å². The maximum Gasteiger partial charge on any atom is 0.123 e. The van der Waals surface area contributed by atoms with Gasteiger partial charge in [-0.1, -0.05) is 0 Å². The smallest absolute Gasteiger partial charge is 0.123 e. The van der Waals surface area contributed by atoms with Crippen molar-refractivity contribution in [3.8, 4) is 0 Å². The number of halogens is 3. The van der Waals surface area contributed by atoms with Crippen molar-refractivity contribution in [2.75, 3.05) is 31.1 Å². The van der Waals surface area contributed by atoms with Gasteiger partial charge in [-0.25, -0.2) is 4.39 Å². The molecule has 2 rings (SSSR count). The Bertz CT molecular complexity index is 285. The van der Waals surface area contributed by atoms with Crippen molar-refractivity contribution < 1.29 is 4.39 Å². The van der Waals surface area contributed by atoms with Crippen LogP contribution >= 0.6 is 24.8 Å². The first-order chi connectivity index (χ1) is 6.86. The molecule has 0 saturated carbocycles. The fraction of sp³-hybridized carbons (Fsp3) is 0.455. The quantitative estimate of drug-likeness (QED) is 0.841. The highest BCUT2D eigenvalue weighted by molar-refractivity contribution is 5.85. The molecule has 1 saturated heterocycles. The summed E-state index contributed by atoms with van der Waals surface area (Å²) in [4.78, 5) is 2.29. The van der Waals surface area contributed by atoms with Crippen molar-refractivity contribution in [3.63, 3.8) is 0 Å². The van der Waals surface area contributed by atoms with E-state index in [0.29, 0.717) is 0 Å². The van der Waals surface area contributed by atoms with Gasteiger partial charge in [-0.15, -0.1) is 24.8 Å². The lowest BCUT2D eigenvalue weighted by molar-refractivity contribution is 0.627. The topological polar surface area (TPSA) is 15.3 Å². The van der Waals surface area contributed by atoms with Crippen LogP contribution in [0.15, 0.2) is 24.3 Å². The molecule has 0 unspecified atom stereocenters. The zero-order valence-corrected chi connectivity index (χ0v) is 10.6. The summed E-state index contributed by atoms with van der Waals surface area (Å²) in [7, 11) is 0. The van der Waals surface area contributed by atoms with Gasteiger partial charge in [0.25, 0.3) is 0 Å². The monoisotopic (exact) mass is 266 g/mol. The fourth-order valence-electron chi connectivity index (χ4n) is 1.76. The molecule has 0 spiro atoms. The van der Waals surface area contributed by atoms with Crippen LogP contribution in [-0.2, 0) is 0 Å². The summed E-state index contributed by atoms with van der Waals surface area (Å²) in [6, 6.07) is 6.74. The lowest BCUT2D eigenvalue weighted by atomic mass is 10.2. The van der Waals surface area contributed by atoms with Crippen LogP contribution < -0.4 is 10.2 Å². The van der Waals surface area contributed by atoms with E-state index in [4.69, 9.17) is 0 Å². The molecular weight excluding hydrogens is 250 g/mol. The van der Waals surface area contributed by atoms with Gasteiger partial charge in [-0.2, -0.15) is 0 Å². The van der Waals surface area contributed by atoms with Crippen molar-refractivity contribution in [2.24, 2.45) is 0 Å². The third-order valence-electron chi connectivity index (χ3n) is 2.53. The molecule has 0 amide bonds. The van der Waals surface area contributed by atoms with Crippen LogP contribution in [0.4, 0.5) is 10.1 Å². The molecule has 1 fully saturated rings. The minimum Gasteiger partial charge on any atom is -0.370 e. The Morgan fingerprint density at radius 1 is 1.00 bits per heavy atom. The normalized spacial score (nSPS) is 15.7. The minimum atomic E-state index is -0.165. The second-order valence-electron chi connectivity index (χ2n) is 3.57. The largest absolute Gasteiger partial charge is 0.370 e. The Hall–Kier alpha value is -0.510. The van der Waals surface area contributed by atoms with Gasteiger partial charge in [0.05, 0.1) is 0 Å². The van der Waals surface area contributed by atoms with Crippen LogP contribution in [0.1, 0.15) is 6.42 Å². The Morgan fingerprint density at radius 2 is 1.69 bits per heavy atom. The van der Waals surface area contributed by atoms with E-state index < -0.39 is 0 Å². The van der Waals surface area contributed by atoms with Crippen LogP contribution in [-0.4, -0.2) is 26.2 Å². The van der Waals surface area contributed by atoms with Gasteiger partial charge < -0.3 is 10.2 Å². The van der Waals surface area contributed by atoms with Gasteiger partial charge in [0.15, 0.2) is 0 Å². The Morgan fingerprint density at radius 3 is 2.38 bits per heavy atom. The van der Waals surface area contributed by atoms with E-state index in [-0.39, 0.29) is 30.6 Å². The molecule has 92 valence electrons. The molecule has 0 atom stereocenters.